The number of aromatic hydroxyl groups is 1. The zero-order chi connectivity index (χ0) is 21.7. The number of imidazole rings is 1. The first-order valence-electron chi connectivity index (χ1n) is 9.90. The Labute approximate surface area is 175 Å². The monoisotopic (exact) mass is 413 g/mol. The van der Waals surface area contributed by atoms with Crippen LogP contribution in [0.5, 0.6) is 11.5 Å². The molecule has 3 N–H and O–H groups in total. The van der Waals surface area contributed by atoms with Crippen molar-refractivity contribution in [1.82, 2.24) is 15.3 Å². The van der Waals surface area contributed by atoms with Gasteiger partial charge in [0.15, 0.2) is 0 Å². The van der Waals surface area contributed by atoms with Gasteiger partial charge in [-0.25, -0.2) is 9.78 Å². The summed E-state index contributed by atoms with van der Waals surface area (Å²) >= 11 is 0. The number of hydrogen-bond donors (Lipinski definition) is 3. The molecule has 8 nitrogen and oxygen atoms in total. The summed E-state index contributed by atoms with van der Waals surface area (Å²) in [6, 6.07) is 0. The third-order valence-electron chi connectivity index (χ3n) is 5.32. The molecule has 0 saturated heterocycles. The van der Waals surface area contributed by atoms with Crippen molar-refractivity contribution in [2.75, 3.05) is 13.7 Å². The highest BCUT2D eigenvalue weighted by molar-refractivity contribution is 5.98. The number of aromatic nitrogens is 2. The lowest BCUT2D eigenvalue weighted by molar-refractivity contribution is -0.121. The van der Waals surface area contributed by atoms with E-state index in [1.165, 1.54) is 0 Å². The number of cyclic esters (lactones) is 1. The van der Waals surface area contributed by atoms with Crippen LogP contribution in [0.2, 0.25) is 0 Å². The van der Waals surface area contributed by atoms with Crippen molar-refractivity contribution in [3.8, 4) is 11.5 Å². The molecule has 0 saturated carbocycles. The Morgan fingerprint density at radius 2 is 2.23 bits per heavy atom. The third-order valence-corrected chi connectivity index (χ3v) is 5.32. The Hall–Kier alpha value is -3.29. The summed E-state index contributed by atoms with van der Waals surface area (Å²) in [5.74, 6) is -0.0541. The molecule has 160 valence electrons. The lowest BCUT2D eigenvalue weighted by Gasteiger charge is -2.15. The van der Waals surface area contributed by atoms with Gasteiger partial charge < -0.3 is 24.9 Å². The highest BCUT2D eigenvalue weighted by atomic mass is 16.5. The molecule has 0 aliphatic carbocycles. The van der Waals surface area contributed by atoms with Gasteiger partial charge in [0.1, 0.15) is 23.7 Å². The Morgan fingerprint density at radius 1 is 1.43 bits per heavy atom. The van der Waals surface area contributed by atoms with Gasteiger partial charge in [0.05, 0.1) is 13.4 Å². The number of phenolic OH excluding ortho intramolecular Hbond substituents is 1. The second kappa shape index (κ2) is 9.47. The number of fused-ring (bicyclic) bond motifs is 1. The minimum atomic E-state index is -0.512. The normalized spacial score (nSPS) is 13.2. The molecule has 0 radical (unpaired) electrons. The summed E-state index contributed by atoms with van der Waals surface area (Å²) in [5, 5.41) is 13.5. The molecular weight excluding hydrogens is 386 g/mol. The standard InChI is InChI=1S/C22H27N3O5/c1-13(5-7-18(26)24-9-8-15-10-23-12-25-15)4-6-16-20(27)19-17(11-30-22(19)28)14(2)21(16)29-3/h4,10,12,27H,5-9,11H2,1-3H3,(H,23,25)(H,24,26)/b13-4+. The van der Waals surface area contributed by atoms with Crippen LogP contribution in [0, 0.1) is 6.92 Å². The number of esters is 1. The number of carbonyl (C=O) groups is 2. The molecule has 2 aromatic rings. The maximum Gasteiger partial charge on any atom is 0.342 e. The van der Waals surface area contributed by atoms with Gasteiger partial charge in [-0.05, 0) is 32.3 Å². The summed E-state index contributed by atoms with van der Waals surface area (Å²) in [7, 11) is 1.54. The van der Waals surface area contributed by atoms with E-state index in [1.54, 1.807) is 19.6 Å². The van der Waals surface area contributed by atoms with Gasteiger partial charge in [0, 0.05) is 42.4 Å². The van der Waals surface area contributed by atoms with E-state index in [2.05, 4.69) is 15.3 Å². The van der Waals surface area contributed by atoms with Gasteiger partial charge in [-0.1, -0.05) is 11.6 Å². The van der Waals surface area contributed by atoms with E-state index < -0.39 is 5.97 Å². The van der Waals surface area contributed by atoms with Crippen LogP contribution < -0.4 is 10.1 Å². The van der Waals surface area contributed by atoms with Crippen molar-refractivity contribution < 1.29 is 24.2 Å². The molecule has 1 aromatic carbocycles. The molecule has 0 spiro atoms. The minimum absolute atomic E-state index is 0.0150. The van der Waals surface area contributed by atoms with Crippen LogP contribution in [0.1, 0.15) is 52.5 Å². The Morgan fingerprint density at radius 3 is 2.93 bits per heavy atom. The van der Waals surface area contributed by atoms with Crippen LogP contribution >= 0.6 is 0 Å². The maximum atomic E-state index is 12.0. The molecule has 3 rings (SSSR count). The predicted octanol–water partition coefficient (Wildman–Crippen LogP) is 2.73. The maximum absolute atomic E-state index is 12.0. The number of aromatic amines is 1. The molecule has 1 amide bonds. The molecule has 1 aliphatic heterocycles. The topological polar surface area (TPSA) is 114 Å². The number of nitrogens with one attached hydrogen (secondary N) is 2. The number of nitrogens with zero attached hydrogens (tertiary/aromatic N) is 1. The summed E-state index contributed by atoms with van der Waals surface area (Å²) in [6.45, 7) is 4.50. The van der Waals surface area contributed by atoms with Gasteiger partial charge in [-0.3, -0.25) is 4.79 Å². The lowest BCUT2D eigenvalue weighted by atomic mass is 9.94. The van der Waals surface area contributed by atoms with Crippen molar-refractivity contribution in [2.45, 2.75) is 46.1 Å². The fraction of sp³-hybridized carbons (Fsp3) is 0.409. The Balaban J connectivity index is 1.58. The van der Waals surface area contributed by atoms with Gasteiger partial charge in [0.2, 0.25) is 5.91 Å². The van der Waals surface area contributed by atoms with Gasteiger partial charge in [-0.2, -0.15) is 0 Å². The van der Waals surface area contributed by atoms with Gasteiger partial charge in [-0.15, -0.1) is 0 Å². The van der Waals surface area contributed by atoms with Crippen molar-refractivity contribution >= 4 is 11.9 Å². The molecule has 2 heterocycles. The lowest BCUT2D eigenvalue weighted by Crippen LogP contribution is -2.25. The fourth-order valence-corrected chi connectivity index (χ4v) is 3.56. The SMILES string of the molecule is COc1c(C)c2c(c(O)c1C/C=C(\C)CCC(=O)NCCc1cnc[nH]1)C(=O)OC2. The second-order valence-electron chi connectivity index (χ2n) is 7.35. The average molecular weight is 413 g/mol. The van der Waals surface area contributed by atoms with E-state index >= 15 is 0 Å². The summed E-state index contributed by atoms with van der Waals surface area (Å²) in [6.07, 6.45) is 7.38. The first-order valence-corrected chi connectivity index (χ1v) is 9.90. The Bertz CT molecular complexity index is 964. The molecule has 0 bridgehead atoms. The van der Waals surface area contributed by atoms with Crippen LogP contribution in [0.4, 0.5) is 0 Å². The van der Waals surface area contributed by atoms with E-state index in [9.17, 15) is 14.7 Å². The fourth-order valence-electron chi connectivity index (χ4n) is 3.56. The Kier molecular flexibility index (Phi) is 6.76. The number of phenols is 1. The first-order chi connectivity index (χ1) is 14.4. The molecule has 0 atom stereocenters. The average Bonchev–Trinajstić information content (AvgIpc) is 3.38. The molecule has 30 heavy (non-hydrogen) atoms. The van der Waals surface area contributed by atoms with E-state index in [0.717, 1.165) is 16.8 Å². The predicted molar refractivity (Wildman–Crippen MR) is 111 cm³/mol. The van der Waals surface area contributed by atoms with E-state index in [4.69, 9.17) is 9.47 Å². The molecular formula is C22H27N3O5. The smallest absolute Gasteiger partial charge is 0.342 e. The zero-order valence-electron chi connectivity index (χ0n) is 17.5. The third kappa shape index (κ3) is 4.64. The number of allylic oxidation sites excluding steroid dienone is 2. The first kappa shape index (κ1) is 21.4. The van der Waals surface area contributed by atoms with Crippen molar-refractivity contribution in [3.05, 3.63) is 52.1 Å². The second-order valence-corrected chi connectivity index (χ2v) is 7.35. The van der Waals surface area contributed by atoms with Crippen LogP contribution in [0.3, 0.4) is 0 Å². The van der Waals surface area contributed by atoms with Crippen molar-refractivity contribution in [2.24, 2.45) is 0 Å². The van der Waals surface area contributed by atoms with Crippen molar-refractivity contribution in [1.29, 1.82) is 0 Å². The summed E-state index contributed by atoms with van der Waals surface area (Å²) < 4.78 is 10.6. The number of H-pyrrole nitrogens is 1. The zero-order valence-corrected chi connectivity index (χ0v) is 17.5. The number of ether oxygens (including phenoxy) is 2. The molecule has 0 fully saturated rings. The minimum Gasteiger partial charge on any atom is -0.507 e. The molecule has 8 heteroatoms. The van der Waals surface area contributed by atoms with Crippen LogP contribution in [0.15, 0.2) is 24.2 Å². The highest BCUT2D eigenvalue weighted by Gasteiger charge is 2.31. The van der Waals surface area contributed by atoms with E-state index in [-0.39, 0.29) is 23.8 Å². The molecule has 1 aromatic heterocycles. The number of methoxy groups -OCH3 is 1. The number of rotatable bonds is 9. The van der Waals surface area contributed by atoms with Crippen LogP contribution in [-0.2, 0) is 29.0 Å². The summed E-state index contributed by atoms with van der Waals surface area (Å²) in [5.41, 5.74) is 4.25. The van der Waals surface area contributed by atoms with Crippen LogP contribution in [0.25, 0.3) is 0 Å². The van der Waals surface area contributed by atoms with Gasteiger partial charge in [0.25, 0.3) is 0 Å². The molecule has 0 unspecified atom stereocenters. The van der Waals surface area contributed by atoms with Crippen molar-refractivity contribution in [3.63, 3.8) is 0 Å². The molecule has 1 aliphatic rings. The highest BCUT2D eigenvalue weighted by Crippen LogP contribution is 2.42. The number of carbonyl (C=O) groups excluding carboxylic acids is 2. The van der Waals surface area contributed by atoms with E-state index in [0.29, 0.717) is 49.1 Å². The van der Waals surface area contributed by atoms with E-state index in [1.807, 2.05) is 19.9 Å². The van der Waals surface area contributed by atoms with Crippen LogP contribution in [-0.4, -0.2) is 40.6 Å². The number of amides is 1. The summed E-state index contributed by atoms with van der Waals surface area (Å²) in [4.78, 5) is 31.0. The number of benzene rings is 1. The largest absolute Gasteiger partial charge is 0.507 e. The number of hydrogen-bond acceptors (Lipinski definition) is 6. The quantitative estimate of drug-likeness (QED) is 0.430. The van der Waals surface area contributed by atoms with Gasteiger partial charge >= 0.3 is 5.97 Å².